The van der Waals surface area contributed by atoms with Gasteiger partial charge in [-0.2, -0.15) is 0 Å². The lowest BCUT2D eigenvalue weighted by Gasteiger charge is -2.31. The van der Waals surface area contributed by atoms with Crippen LogP contribution in [-0.4, -0.2) is 42.0 Å². The second-order valence-electron chi connectivity index (χ2n) is 7.07. The number of carbonyl (C=O) groups excluding carboxylic acids is 1. The van der Waals surface area contributed by atoms with Crippen LogP contribution in [0.1, 0.15) is 23.3 Å². The van der Waals surface area contributed by atoms with E-state index in [0.717, 1.165) is 24.2 Å². The molecule has 1 aromatic heterocycles. The molecule has 7 nitrogen and oxygen atoms in total. The molecule has 2 aliphatic rings. The number of rotatable bonds is 4. The number of hydrogen-bond donors (Lipinski definition) is 0. The molecule has 0 atom stereocenters. The van der Waals surface area contributed by atoms with Gasteiger partial charge in [-0.15, -0.1) is 0 Å². The number of piperidine rings is 1. The van der Waals surface area contributed by atoms with E-state index >= 15 is 0 Å². The van der Waals surface area contributed by atoms with Gasteiger partial charge in [0.2, 0.25) is 6.79 Å². The maximum absolute atomic E-state index is 12.8. The van der Waals surface area contributed by atoms with Crippen molar-refractivity contribution in [3.63, 3.8) is 0 Å². The third-order valence-electron chi connectivity index (χ3n) is 5.16. The number of nitrogens with zero attached hydrogens (tertiary/aromatic N) is 2. The minimum absolute atomic E-state index is 0.114. The van der Waals surface area contributed by atoms with E-state index in [1.54, 1.807) is 11.0 Å². The minimum Gasteiger partial charge on any atom is -0.490 e. The third kappa shape index (κ3) is 3.63. The number of fused-ring (bicyclic) bond motifs is 1. The smallest absolute Gasteiger partial charge is 0.276 e. The predicted octanol–water partition coefficient (Wildman–Crippen LogP) is 3.75. The lowest BCUT2D eigenvalue weighted by molar-refractivity contribution is 0.0586. The Bertz CT molecular complexity index is 1010. The molecule has 148 valence electrons. The van der Waals surface area contributed by atoms with Crippen molar-refractivity contribution in [2.45, 2.75) is 18.9 Å². The van der Waals surface area contributed by atoms with Crippen LogP contribution in [0.2, 0.25) is 0 Å². The van der Waals surface area contributed by atoms with Crippen molar-refractivity contribution >= 4 is 5.91 Å². The number of amides is 1. The summed E-state index contributed by atoms with van der Waals surface area (Å²) in [5, 5.41) is 3.98. The van der Waals surface area contributed by atoms with Crippen LogP contribution in [0, 0.1) is 0 Å². The molecular formula is C22H20N2O5. The maximum atomic E-state index is 12.8. The van der Waals surface area contributed by atoms with Gasteiger partial charge >= 0.3 is 0 Å². The zero-order valence-electron chi connectivity index (χ0n) is 15.7. The zero-order valence-corrected chi connectivity index (χ0v) is 15.7. The number of ether oxygens (including phenoxy) is 3. The van der Waals surface area contributed by atoms with Crippen molar-refractivity contribution in [1.82, 2.24) is 10.1 Å². The van der Waals surface area contributed by atoms with Crippen molar-refractivity contribution in [3.05, 3.63) is 60.3 Å². The minimum atomic E-state index is -0.126. The lowest BCUT2D eigenvalue weighted by Crippen LogP contribution is -2.41. The van der Waals surface area contributed by atoms with Crippen molar-refractivity contribution in [1.29, 1.82) is 0 Å². The predicted molar refractivity (Wildman–Crippen MR) is 104 cm³/mol. The van der Waals surface area contributed by atoms with Crippen LogP contribution in [0.4, 0.5) is 0 Å². The molecule has 7 heteroatoms. The molecule has 1 saturated heterocycles. The quantitative estimate of drug-likeness (QED) is 0.673. The number of aromatic nitrogens is 1. The van der Waals surface area contributed by atoms with Crippen LogP contribution in [0.5, 0.6) is 17.2 Å². The number of likely N-dealkylation sites (tertiary alicyclic amines) is 1. The molecule has 0 radical (unpaired) electrons. The summed E-state index contributed by atoms with van der Waals surface area (Å²) in [6, 6.07) is 16.9. The highest BCUT2D eigenvalue weighted by Crippen LogP contribution is 2.36. The second kappa shape index (κ2) is 7.50. The van der Waals surface area contributed by atoms with Gasteiger partial charge in [0.05, 0.1) is 0 Å². The van der Waals surface area contributed by atoms with Crippen molar-refractivity contribution < 1.29 is 23.5 Å². The Kier molecular flexibility index (Phi) is 4.56. The molecule has 3 heterocycles. The van der Waals surface area contributed by atoms with Crippen molar-refractivity contribution in [3.8, 4) is 28.6 Å². The summed E-state index contributed by atoms with van der Waals surface area (Å²) in [4.78, 5) is 14.6. The van der Waals surface area contributed by atoms with Gasteiger partial charge in [-0.25, -0.2) is 0 Å². The van der Waals surface area contributed by atoms with E-state index in [9.17, 15) is 4.79 Å². The van der Waals surface area contributed by atoms with Crippen LogP contribution in [-0.2, 0) is 0 Å². The monoisotopic (exact) mass is 392 g/mol. The van der Waals surface area contributed by atoms with E-state index in [1.807, 2.05) is 48.5 Å². The SMILES string of the molecule is O=C(c1cc(-c2ccc3c(c2)OCO3)on1)N1CCC(Oc2ccccc2)CC1. The van der Waals surface area contributed by atoms with E-state index in [0.29, 0.717) is 36.0 Å². The van der Waals surface area contributed by atoms with Gasteiger partial charge in [-0.1, -0.05) is 23.4 Å². The van der Waals surface area contributed by atoms with Gasteiger partial charge in [0.1, 0.15) is 11.9 Å². The number of benzene rings is 2. The maximum Gasteiger partial charge on any atom is 0.276 e. The fourth-order valence-corrected chi connectivity index (χ4v) is 3.59. The third-order valence-corrected chi connectivity index (χ3v) is 5.16. The molecule has 29 heavy (non-hydrogen) atoms. The van der Waals surface area contributed by atoms with Crippen LogP contribution in [0.15, 0.2) is 59.1 Å². The van der Waals surface area contributed by atoms with Crippen LogP contribution in [0.25, 0.3) is 11.3 Å². The molecule has 2 aliphatic heterocycles. The zero-order chi connectivity index (χ0) is 19.6. The summed E-state index contributed by atoms with van der Waals surface area (Å²) in [5.41, 5.74) is 1.09. The molecule has 0 aliphatic carbocycles. The summed E-state index contributed by atoms with van der Waals surface area (Å²) in [5.74, 6) is 2.62. The van der Waals surface area contributed by atoms with Crippen molar-refractivity contribution in [2.24, 2.45) is 0 Å². The largest absolute Gasteiger partial charge is 0.490 e. The highest BCUT2D eigenvalue weighted by Gasteiger charge is 2.27. The van der Waals surface area contributed by atoms with Gasteiger partial charge in [-0.05, 0) is 30.3 Å². The van der Waals surface area contributed by atoms with Gasteiger partial charge in [-0.3, -0.25) is 4.79 Å². The van der Waals surface area contributed by atoms with Crippen LogP contribution >= 0.6 is 0 Å². The molecule has 5 rings (SSSR count). The summed E-state index contributed by atoms with van der Waals surface area (Å²) in [7, 11) is 0. The first-order valence-electron chi connectivity index (χ1n) is 9.64. The number of hydrogen-bond acceptors (Lipinski definition) is 6. The van der Waals surface area contributed by atoms with Gasteiger partial charge in [0.25, 0.3) is 5.91 Å². The van der Waals surface area contributed by atoms with Crippen LogP contribution in [0.3, 0.4) is 0 Å². The Balaban J connectivity index is 1.22. The molecule has 0 unspecified atom stereocenters. The first kappa shape index (κ1) is 17.6. The first-order chi connectivity index (χ1) is 14.3. The van der Waals surface area contributed by atoms with E-state index in [-0.39, 0.29) is 18.8 Å². The van der Waals surface area contributed by atoms with Crippen LogP contribution < -0.4 is 14.2 Å². The Morgan fingerprint density at radius 3 is 2.62 bits per heavy atom. The summed E-state index contributed by atoms with van der Waals surface area (Å²) >= 11 is 0. The highest BCUT2D eigenvalue weighted by molar-refractivity contribution is 5.93. The molecule has 0 spiro atoms. The van der Waals surface area contributed by atoms with E-state index in [4.69, 9.17) is 18.7 Å². The summed E-state index contributed by atoms with van der Waals surface area (Å²) < 4.78 is 22.1. The fourth-order valence-electron chi connectivity index (χ4n) is 3.59. The lowest BCUT2D eigenvalue weighted by atomic mass is 10.1. The average Bonchev–Trinajstić information content (AvgIpc) is 3.44. The summed E-state index contributed by atoms with van der Waals surface area (Å²) in [6.45, 7) is 1.47. The standard InChI is InChI=1S/C22H20N2O5/c25-22(24-10-8-17(9-11-24)28-16-4-2-1-3-5-16)18-13-20(29-23-18)15-6-7-19-21(12-15)27-14-26-19/h1-7,12-13,17H,8-11,14H2. The van der Waals surface area contributed by atoms with Gasteiger partial charge in [0.15, 0.2) is 23.0 Å². The van der Waals surface area contributed by atoms with Gasteiger partial charge in [0, 0.05) is 37.6 Å². The Hall–Kier alpha value is -3.48. The molecule has 1 fully saturated rings. The molecule has 2 aromatic carbocycles. The van der Waals surface area contributed by atoms with E-state index < -0.39 is 0 Å². The average molecular weight is 392 g/mol. The normalized spacial score (nSPS) is 16.1. The Labute approximate surface area is 167 Å². The molecule has 0 saturated carbocycles. The van der Waals surface area contributed by atoms with E-state index in [1.165, 1.54) is 0 Å². The van der Waals surface area contributed by atoms with Gasteiger partial charge < -0.3 is 23.6 Å². The fraction of sp³-hybridized carbons (Fsp3) is 0.273. The summed E-state index contributed by atoms with van der Waals surface area (Å²) in [6.07, 6.45) is 1.68. The Morgan fingerprint density at radius 2 is 1.79 bits per heavy atom. The topological polar surface area (TPSA) is 74.0 Å². The molecular weight excluding hydrogens is 372 g/mol. The Morgan fingerprint density at radius 1 is 1.00 bits per heavy atom. The molecule has 1 amide bonds. The second-order valence-corrected chi connectivity index (χ2v) is 7.07. The van der Waals surface area contributed by atoms with Crippen molar-refractivity contribution in [2.75, 3.05) is 19.9 Å². The molecule has 0 N–H and O–H groups in total. The number of carbonyl (C=O) groups is 1. The first-order valence-corrected chi connectivity index (χ1v) is 9.64. The molecule has 0 bridgehead atoms. The highest BCUT2D eigenvalue weighted by atomic mass is 16.7. The molecule has 3 aromatic rings. The van der Waals surface area contributed by atoms with E-state index in [2.05, 4.69) is 5.16 Å². The number of para-hydroxylation sites is 1.